The highest BCUT2D eigenvalue weighted by Gasteiger charge is 2.22. The fourth-order valence-corrected chi connectivity index (χ4v) is 2.58. The van der Waals surface area contributed by atoms with Gasteiger partial charge < -0.3 is 9.64 Å². The van der Waals surface area contributed by atoms with E-state index >= 15 is 0 Å². The molecule has 0 radical (unpaired) electrons. The Morgan fingerprint density at radius 2 is 2.18 bits per heavy atom. The van der Waals surface area contributed by atoms with Crippen LogP contribution >= 0.6 is 15.9 Å². The van der Waals surface area contributed by atoms with Crippen molar-refractivity contribution in [1.82, 2.24) is 4.90 Å². The predicted octanol–water partition coefficient (Wildman–Crippen LogP) is 3.18. The van der Waals surface area contributed by atoms with Crippen molar-refractivity contribution < 1.29 is 9.53 Å². The van der Waals surface area contributed by atoms with Crippen LogP contribution in [0.5, 0.6) is 0 Å². The van der Waals surface area contributed by atoms with Gasteiger partial charge in [0.25, 0.3) is 0 Å². The van der Waals surface area contributed by atoms with Crippen molar-refractivity contribution in [2.24, 2.45) is 0 Å². The van der Waals surface area contributed by atoms with Gasteiger partial charge in [-0.05, 0) is 18.4 Å². The van der Waals surface area contributed by atoms with Crippen LogP contribution < -0.4 is 0 Å². The van der Waals surface area contributed by atoms with Crippen molar-refractivity contribution >= 4 is 22.0 Å². The Hall–Kier alpha value is -1.03. The maximum absolute atomic E-state index is 11.8. The number of benzene rings is 1. The molecule has 1 saturated heterocycles. The van der Waals surface area contributed by atoms with Gasteiger partial charge in [-0.2, -0.15) is 0 Å². The number of rotatable bonds is 2. The summed E-state index contributed by atoms with van der Waals surface area (Å²) in [4.78, 5) is 14.0. The summed E-state index contributed by atoms with van der Waals surface area (Å²) in [6.45, 7) is 1.90. The van der Waals surface area contributed by atoms with Gasteiger partial charge in [0, 0.05) is 17.9 Å². The predicted molar refractivity (Wildman–Crippen MR) is 70.1 cm³/mol. The largest absolute Gasteiger partial charge is 0.445 e. The molecule has 0 aromatic heterocycles. The van der Waals surface area contributed by atoms with Crippen LogP contribution in [0.3, 0.4) is 0 Å². The summed E-state index contributed by atoms with van der Waals surface area (Å²) in [5.41, 5.74) is 1.02. The third-order valence-corrected chi connectivity index (χ3v) is 3.57. The number of piperidine rings is 1. The topological polar surface area (TPSA) is 29.5 Å². The van der Waals surface area contributed by atoms with Gasteiger partial charge in [0.15, 0.2) is 0 Å². The van der Waals surface area contributed by atoms with E-state index < -0.39 is 0 Å². The summed E-state index contributed by atoms with van der Waals surface area (Å²) in [7, 11) is 0. The monoisotopic (exact) mass is 297 g/mol. The summed E-state index contributed by atoms with van der Waals surface area (Å²) in [6, 6.07) is 9.75. The van der Waals surface area contributed by atoms with Crippen LogP contribution in [0.1, 0.15) is 18.4 Å². The van der Waals surface area contributed by atoms with Gasteiger partial charge in [-0.1, -0.05) is 46.3 Å². The fraction of sp³-hybridized carbons (Fsp3) is 0.462. The van der Waals surface area contributed by atoms with E-state index in [1.807, 2.05) is 30.3 Å². The molecule has 0 N–H and O–H groups in total. The first-order chi connectivity index (χ1) is 8.25. The second-order valence-corrected chi connectivity index (χ2v) is 5.52. The summed E-state index contributed by atoms with van der Waals surface area (Å²) in [5.74, 6) is 0. The van der Waals surface area contributed by atoms with Crippen molar-refractivity contribution in [3.63, 3.8) is 0 Å². The fourth-order valence-electron chi connectivity index (χ4n) is 1.90. The maximum Gasteiger partial charge on any atom is 0.410 e. The van der Waals surface area contributed by atoms with Crippen molar-refractivity contribution in [2.75, 3.05) is 13.1 Å². The first-order valence-corrected chi connectivity index (χ1v) is 6.77. The normalized spacial score (nSPS) is 20.1. The SMILES string of the molecule is O=C(OCc1ccccc1)N1CCC[C@H](Br)C1. The lowest BCUT2D eigenvalue weighted by atomic mass is 10.1. The van der Waals surface area contributed by atoms with Gasteiger partial charge >= 0.3 is 6.09 Å². The average Bonchev–Trinajstić information content (AvgIpc) is 2.37. The van der Waals surface area contributed by atoms with Gasteiger partial charge in [0.05, 0.1) is 0 Å². The van der Waals surface area contributed by atoms with Crippen LogP contribution in [-0.4, -0.2) is 28.9 Å². The number of alkyl halides is 1. The quantitative estimate of drug-likeness (QED) is 0.785. The molecule has 1 aromatic rings. The highest BCUT2D eigenvalue weighted by molar-refractivity contribution is 9.09. The maximum atomic E-state index is 11.8. The molecule has 0 spiro atoms. The summed E-state index contributed by atoms with van der Waals surface area (Å²) >= 11 is 3.54. The van der Waals surface area contributed by atoms with Crippen LogP contribution in [0.2, 0.25) is 0 Å². The summed E-state index contributed by atoms with van der Waals surface area (Å²) in [6.07, 6.45) is 1.96. The summed E-state index contributed by atoms with van der Waals surface area (Å²) in [5, 5.41) is 0. The molecule has 1 heterocycles. The number of likely N-dealkylation sites (tertiary alicyclic amines) is 1. The van der Waals surface area contributed by atoms with Crippen LogP contribution in [0.4, 0.5) is 4.79 Å². The number of amides is 1. The molecule has 1 fully saturated rings. The van der Waals surface area contributed by atoms with E-state index in [0.717, 1.165) is 31.5 Å². The number of hydrogen-bond donors (Lipinski definition) is 0. The Kier molecular flexibility index (Phi) is 4.42. The average molecular weight is 298 g/mol. The molecule has 4 heteroatoms. The molecule has 1 amide bonds. The molecule has 17 heavy (non-hydrogen) atoms. The number of halogens is 1. The number of nitrogens with zero attached hydrogens (tertiary/aromatic N) is 1. The highest BCUT2D eigenvalue weighted by Crippen LogP contribution is 2.17. The second-order valence-electron chi connectivity index (χ2n) is 4.23. The Balaban J connectivity index is 1.81. The van der Waals surface area contributed by atoms with Gasteiger partial charge in [-0.3, -0.25) is 0 Å². The van der Waals surface area contributed by atoms with E-state index in [4.69, 9.17) is 4.74 Å². The minimum absolute atomic E-state index is 0.210. The lowest BCUT2D eigenvalue weighted by molar-refractivity contribution is 0.0906. The number of ether oxygens (including phenoxy) is 1. The molecule has 1 atom stereocenters. The van der Waals surface area contributed by atoms with Crippen LogP contribution in [0.15, 0.2) is 30.3 Å². The molecule has 2 rings (SSSR count). The first-order valence-electron chi connectivity index (χ1n) is 5.85. The van der Waals surface area contributed by atoms with Gasteiger partial charge in [-0.25, -0.2) is 4.79 Å². The molecule has 3 nitrogen and oxygen atoms in total. The molecule has 0 aliphatic carbocycles. The third-order valence-electron chi connectivity index (χ3n) is 2.83. The van der Waals surface area contributed by atoms with Crippen LogP contribution in [0.25, 0.3) is 0 Å². The zero-order valence-corrected chi connectivity index (χ0v) is 11.2. The Morgan fingerprint density at radius 3 is 2.88 bits per heavy atom. The number of carbonyl (C=O) groups excluding carboxylic acids is 1. The summed E-state index contributed by atoms with van der Waals surface area (Å²) < 4.78 is 5.28. The second kappa shape index (κ2) is 6.05. The minimum Gasteiger partial charge on any atom is -0.445 e. The first kappa shape index (κ1) is 12.4. The lowest BCUT2D eigenvalue weighted by Gasteiger charge is -2.29. The van der Waals surface area contributed by atoms with E-state index in [0.29, 0.717) is 11.4 Å². The molecule has 1 aromatic carbocycles. The molecular formula is C13H16BrNO2. The smallest absolute Gasteiger partial charge is 0.410 e. The highest BCUT2D eigenvalue weighted by atomic mass is 79.9. The number of carbonyl (C=O) groups is 1. The van der Waals surface area contributed by atoms with Crippen molar-refractivity contribution in [1.29, 1.82) is 0 Å². The van der Waals surface area contributed by atoms with Gasteiger partial charge in [0.1, 0.15) is 6.61 Å². The molecule has 1 aliphatic heterocycles. The van der Waals surface area contributed by atoms with E-state index in [1.54, 1.807) is 4.90 Å². The van der Waals surface area contributed by atoms with Gasteiger partial charge in [-0.15, -0.1) is 0 Å². The Labute approximate surface area is 110 Å². The molecule has 0 bridgehead atoms. The Bertz CT molecular complexity index is 369. The van der Waals surface area contributed by atoms with Crippen LogP contribution in [0, 0.1) is 0 Å². The third kappa shape index (κ3) is 3.73. The zero-order chi connectivity index (χ0) is 12.1. The van der Waals surface area contributed by atoms with Gasteiger partial charge in [0.2, 0.25) is 0 Å². The minimum atomic E-state index is -0.210. The molecule has 0 saturated carbocycles. The Morgan fingerprint density at radius 1 is 1.41 bits per heavy atom. The zero-order valence-electron chi connectivity index (χ0n) is 9.64. The van der Waals surface area contributed by atoms with E-state index in [-0.39, 0.29) is 6.09 Å². The van der Waals surface area contributed by atoms with Crippen LogP contribution in [-0.2, 0) is 11.3 Å². The molecule has 1 aliphatic rings. The van der Waals surface area contributed by atoms with E-state index in [1.165, 1.54) is 0 Å². The van der Waals surface area contributed by atoms with E-state index in [9.17, 15) is 4.79 Å². The molecule has 0 unspecified atom stereocenters. The standard InChI is InChI=1S/C13H16BrNO2/c14-12-7-4-8-15(9-12)13(16)17-10-11-5-2-1-3-6-11/h1-3,5-6,12H,4,7-10H2/t12-/m0/s1. The van der Waals surface area contributed by atoms with Crippen molar-refractivity contribution in [3.05, 3.63) is 35.9 Å². The van der Waals surface area contributed by atoms with Crippen molar-refractivity contribution in [3.8, 4) is 0 Å². The molecule has 92 valence electrons. The lowest BCUT2D eigenvalue weighted by Crippen LogP contribution is -2.40. The van der Waals surface area contributed by atoms with Crippen molar-refractivity contribution in [2.45, 2.75) is 24.3 Å². The molecular weight excluding hydrogens is 282 g/mol. The number of hydrogen-bond acceptors (Lipinski definition) is 2. The van der Waals surface area contributed by atoms with E-state index in [2.05, 4.69) is 15.9 Å².